The van der Waals surface area contributed by atoms with E-state index in [1.165, 1.54) is 12.8 Å². The van der Waals surface area contributed by atoms with Crippen LogP contribution in [0.25, 0.3) is 0 Å². The highest BCUT2D eigenvalue weighted by atomic mass is 32.1. The lowest BCUT2D eigenvalue weighted by molar-refractivity contribution is -0.132. The molecule has 0 aromatic carbocycles. The van der Waals surface area contributed by atoms with E-state index < -0.39 is 0 Å². The molecule has 106 valence electrons. The topological polar surface area (TPSA) is 32.3 Å². The van der Waals surface area contributed by atoms with Gasteiger partial charge in [-0.3, -0.25) is 4.79 Å². The summed E-state index contributed by atoms with van der Waals surface area (Å²) in [6.45, 7) is 7.30. The molecule has 0 saturated carbocycles. The van der Waals surface area contributed by atoms with Gasteiger partial charge in [0.05, 0.1) is 6.42 Å². The number of nitrogens with one attached hydrogen (secondary N) is 1. The highest BCUT2D eigenvalue weighted by Gasteiger charge is 2.23. The van der Waals surface area contributed by atoms with Crippen LogP contribution < -0.4 is 5.32 Å². The van der Waals surface area contributed by atoms with Crippen molar-refractivity contribution >= 4 is 17.2 Å². The second-order valence-electron chi connectivity index (χ2n) is 5.61. The molecular formula is C15H24N2OS. The third kappa shape index (κ3) is 4.32. The number of thiophene rings is 1. The van der Waals surface area contributed by atoms with Crippen LogP contribution in [0.15, 0.2) is 17.5 Å². The Hall–Kier alpha value is -0.870. The monoisotopic (exact) mass is 280 g/mol. The predicted octanol–water partition coefficient (Wildman–Crippen LogP) is 2.53. The third-order valence-corrected chi connectivity index (χ3v) is 4.58. The van der Waals surface area contributed by atoms with Gasteiger partial charge in [0.15, 0.2) is 0 Å². The summed E-state index contributed by atoms with van der Waals surface area (Å²) in [6, 6.07) is 4.34. The van der Waals surface area contributed by atoms with Crippen LogP contribution in [-0.4, -0.2) is 36.5 Å². The van der Waals surface area contributed by atoms with Gasteiger partial charge in [0.1, 0.15) is 0 Å². The molecule has 1 saturated heterocycles. The molecule has 2 rings (SSSR count). The van der Waals surface area contributed by atoms with Crippen LogP contribution in [0.2, 0.25) is 0 Å². The van der Waals surface area contributed by atoms with Gasteiger partial charge in [0.2, 0.25) is 5.91 Å². The first kappa shape index (κ1) is 14.5. The van der Waals surface area contributed by atoms with E-state index in [1.54, 1.807) is 11.3 Å². The number of hydrogen-bond acceptors (Lipinski definition) is 3. The average molecular weight is 280 g/mol. The van der Waals surface area contributed by atoms with Crippen molar-refractivity contribution in [1.29, 1.82) is 0 Å². The first-order valence-electron chi connectivity index (χ1n) is 7.19. The van der Waals surface area contributed by atoms with E-state index in [9.17, 15) is 4.79 Å². The highest BCUT2D eigenvalue weighted by Crippen LogP contribution is 2.16. The molecule has 4 heteroatoms. The predicted molar refractivity (Wildman–Crippen MR) is 80.5 cm³/mol. The number of nitrogens with zero attached hydrogens (tertiary/aromatic N) is 1. The molecule has 0 radical (unpaired) electrons. The number of amides is 1. The molecule has 1 aromatic rings. The molecule has 1 aromatic heterocycles. The van der Waals surface area contributed by atoms with Crippen LogP contribution in [-0.2, 0) is 11.2 Å². The Bertz CT molecular complexity index is 383. The zero-order valence-corrected chi connectivity index (χ0v) is 12.7. The van der Waals surface area contributed by atoms with E-state index in [0.29, 0.717) is 12.3 Å². The molecular weight excluding hydrogens is 256 g/mol. The number of hydrogen-bond donors (Lipinski definition) is 1. The van der Waals surface area contributed by atoms with E-state index in [0.717, 1.165) is 24.5 Å². The van der Waals surface area contributed by atoms with Crippen molar-refractivity contribution < 1.29 is 4.79 Å². The van der Waals surface area contributed by atoms with Crippen molar-refractivity contribution in [2.45, 2.75) is 39.2 Å². The highest BCUT2D eigenvalue weighted by molar-refractivity contribution is 7.10. The molecule has 1 amide bonds. The number of rotatable bonds is 5. The maximum atomic E-state index is 12.4. The SMILES string of the molecule is CC(C)N(CC1CCCNC1)C(=O)Cc1cccs1. The molecule has 2 heterocycles. The largest absolute Gasteiger partial charge is 0.340 e. The standard InChI is InChI=1S/C15H24N2OS/c1-12(2)17(11-13-5-3-7-16-10-13)15(18)9-14-6-4-8-19-14/h4,6,8,12-13,16H,3,5,7,9-11H2,1-2H3. The van der Waals surface area contributed by atoms with Crippen LogP contribution in [0.4, 0.5) is 0 Å². The first-order valence-corrected chi connectivity index (χ1v) is 8.07. The Morgan fingerprint density at radius 1 is 1.58 bits per heavy atom. The van der Waals surface area contributed by atoms with Crippen molar-refractivity contribution in [1.82, 2.24) is 10.2 Å². The van der Waals surface area contributed by atoms with E-state index in [2.05, 4.69) is 24.1 Å². The molecule has 1 N–H and O–H groups in total. The molecule has 1 aliphatic rings. The molecule has 1 unspecified atom stereocenters. The zero-order valence-electron chi connectivity index (χ0n) is 11.9. The summed E-state index contributed by atoms with van der Waals surface area (Å²) in [5.74, 6) is 0.881. The van der Waals surface area contributed by atoms with Crippen molar-refractivity contribution in [2.24, 2.45) is 5.92 Å². The molecule has 1 atom stereocenters. The normalized spacial score (nSPS) is 19.6. The fourth-order valence-electron chi connectivity index (χ4n) is 2.62. The van der Waals surface area contributed by atoms with E-state index in [1.807, 2.05) is 17.5 Å². The van der Waals surface area contributed by atoms with E-state index in [4.69, 9.17) is 0 Å². The minimum atomic E-state index is 0.267. The lowest BCUT2D eigenvalue weighted by Crippen LogP contribution is -2.44. The fraction of sp³-hybridized carbons (Fsp3) is 0.667. The Morgan fingerprint density at radius 3 is 3.00 bits per heavy atom. The molecule has 3 nitrogen and oxygen atoms in total. The summed E-state index contributed by atoms with van der Waals surface area (Å²) in [4.78, 5) is 15.7. The van der Waals surface area contributed by atoms with Gasteiger partial charge in [-0.15, -0.1) is 11.3 Å². The Labute approximate surface area is 120 Å². The van der Waals surface area contributed by atoms with Crippen molar-refractivity contribution in [2.75, 3.05) is 19.6 Å². The van der Waals surface area contributed by atoms with Gasteiger partial charge >= 0.3 is 0 Å². The smallest absolute Gasteiger partial charge is 0.228 e. The molecule has 19 heavy (non-hydrogen) atoms. The van der Waals surface area contributed by atoms with Crippen LogP contribution in [0.5, 0.6) is 0 Å². The van der Waals surface area contributed by atoms with E-state index in [-0.39, 0.29) is 11.9 Å². The van der Waals surface area contributed by atoms with Gasteiger partial charge in [0, 0.05) is 17.5 Å². The maximum absolute atomic E-state index is 12.4. The van der Waals surface area contributed by atoms with Crippen molar-refractivity contribution in [3.63, 3.8) is 0 Å². The summed E-state index contributed by atoms with van der Waals surface area (Å²) in [5.41, 5.74) is 0. The average Bonchev–Trinajstić information content (AvgIpc) is 2.89. The number of piperidine rings is 1. The Kier molecular flexibility index (Phi) is 5.40. The van der Waals surface area contributed by atoms with Gasteiger partial charge in [-0.05, 0) is 57.1 Å². The molecule has 0 bridgehead atoms. The number of carbonyl (C=O) groups is 1. The first-order chi connectivity index (χ1) is 9.16. The van der Waals surface area contributed by atoms with Crippen molar-refractivity contribution in [3.8, 4) is 0 Å². The van der Waals surface area contributed by atoms with Gasteiger partial charge in [-0.2, -0.15) is 0 Å². The summed E-state index contributed by atoms with van der Waals surface area (Å²) in [7, 11) is 0. The number of carbonyl (C=O) groups excluding carboxylic acids is 1. The maximum Gasteiger partial charge on any atom is 0.228 e. The molecule has 0 spiro atoms. The van der Waals surface area contributed by atoms with Crippen molar-refractivity contribution in [3.05, 3.63) is 22.4 Å². The second kappa shape index (κ2) is 7.06. The summed E-state index contributed by atoms with van der Waals surface area (Å²) < 4.78 is 0. The van der Waals surface area contributed by atoms with Crippen LogP contribution in [0, 0.1) is 5.92 Å². The quantitative estimate of drug-likeness (QED) is 0.899. The summed E-state index contributed by atoms with van der Waals surface area (Å²) in [5, 5.41) is 5.46. The van der Waals surface area contributed by atoms with Gasteiger partial charge < -0.3 is 10.2 Å². The Morgan fingerprint density at radius 2 is 2.42 bits per heavy atom. The van der Waals surface area contributed by atoms with E-state index >= 15 is 0 Å². The van der Waals surface area contributed by atoms with Gasteiger partial charge in [-0.1, -0.05) is 6.07 Å². The molecule has 1 aliphatic heterocycles. The third-order valence-electron chi connectivity index (χ3n) is 3.70. The zero-order chi connectivity index (χ0) is 13.7. The Balaban J connectivity index is 1.92. The molecule has 1 fully saturated rings. The lowest BCUT2D eigenvalue weighted by atomic mass is 9.98. The second-order valence-corrected chi connectivity index (χ2v) is 6.64. The fourth-order valence-corrected chi connectivity index (χ4v) is 3.32. The summed E-state index contributed by atoms with van der Waals surface area (Å²) in [6.07, 6.45) is 3.02. The van der Waals surface area contributed by atoms with Crippen LogP contribution >= 0.6 is 11.3 Å². The molecule has 0 aliphatic carbocycles. The minimum absolute atomic E-state index is 0.267. The van der Waals surface area contributed by atoms with Crippen LogP contribution in [0.1, 0.15) is 31.6 Å². The summed E-state index contributed by atoms with van der Waals surface area (Å²) >= 11 is 1.67. The van der Waals surface area contributed by atoms with Gasteiger partial charge in [0.25, 0.3) is 0 Å². The van der Waals surface area contributed by atoms with Gasteiger partial charge in [-0.25, -0.2) is 0 Å². The lowest BCUT2D eigenvalue weighted by Gasteiger charge is -2.33. The minimum Gasteiger partial charge on any atom is -0.340 e. The van der Waals surface area contributed by atoms with Crippen LogP contribution in [0.3, 0.4) is 0 Å².